The molecular formula is C12H11F3N2O3. The normalized spacial score (nSPS) is 10.9. The summed E-state index contributed by atoms with van der Waals surface area (Å²) in [6.07, 6.45) is -4.61. The van der Waals surface area contributed by atoms with E-state index in [1.807, 2.05) is 0 Å². The number of benzene rings is 1. The van der Waals surface area contributed by atoms with Gasteiger partial charge in [0.05, 0.1) is 23.8 Å². The zero-order valence-electron chi connectivity index (χ0n) is 10.2. The molecule has 0 heterocycles. The molecule has 0 aromatic heterocycles. The number of nitriles is 1. The molecule has 0 bridgehead atoms. The van der Waals surface area contributed by atoms with Gasteiger partial charge in [-0.15, -0.1) is 0 Å². The molecule has 0 saturated carbocycles. The van der Waals surface area contributed by atoms with Crippen molar-refractivity contribution in [1.29, 1.82) is 5.26 Å². The molecular weight excluding hydrogens is 277 g/mol. The van der Waals surface area contributed by atoms with E-state index in [1.54, 1.807) is 0 Å². The molecule has 0 saturated heterocycles. The number of hydrogen-bond acceptors (Lipinski definition) is 4. The molecule has 1 aromatic carbocycles. The van der Waals surface area contributed by atoms with Crippen molar-refractivity contribution >= 4 is 11.7 Å². The highest BCUT2D eigenvalue weighted by molar-refractivity contribution is 5.68. The number of carboxylic acid groups (broad SMARTS) is 1. The zero-order valence-corrected chi connectivity index (χ0v) is 10.2. The van der Waals surface area contributed by atoms with Crippen molar-refractivity contribution in [3.05, 3.63) is 29.3 Å². The van der Waals surface area contributed by atoms with Crippen LogP contribution in [-0.2, 0) is 15.7 Å². The highest BCUT2D eigenvalue weighted by Gasteiger charge is 2.33. The van der Waals surface area contributed by atoms with Gasteiger partial charge >= 0.3 is 12.1 Å². The van der Waals surface area contributed by atoms with Crippen LogP contribution >= 0.6 is 0 Å². The third-order valence-corrected chi connectivity index (χ3v) is 2.25. The first-order chi connectivity index (χ1) is 9.34. The molecule has 0 aliphatic heterocycles. The fourth-order valence-corrected chi connectivity index (χ4v) is 1.41. The molecule has 0 atom stereocenters. The number of nitrogens with one attached hydrogen (secondary N) is 1. The second-order valence-electron chi connectivity index (χ2n) is 3.74. The summed E-state index contributed by atoms with van der Waals surface area (Å²) in [6, 6.07) is 4.72. The van der Waals surface area contributed by atoms with Gasteiger partial charge in [0.2, 0.25) is 0 Å². The molecule has 0 spiro atoms. The second kappa shape index (κ2) is 6.77. The Morgan fingerprint density at radius 1 is 1.45 bits per heavy atom. The predicted octanol–water partition coefficient (Wildman–Crippen LogP) is 2.09. The van der Waals surface area contributed by atoms with E-state index in [0.29, 0.717) is 0 Å². The van der Waals surface area contributed by atoms with Crippen molar-refractivity contribution in [3.8, 4) is 6.07 Å². The standard InChI is InChI=1S/C12H11F3N2O3/c13-12(14,15)10-5-9(2-1-8(10)6-16)17-3-4-20-7-11(18)19/h1-2,5,17H,3-4,7H2,(H,18,19). The summed E-state index contributed by atoms with van der Waals surface area (Å²) in [5.74, 6) is -1.12. The van der Waals surface area contributed by atoms with E-state index >= 15 is 0 Å². The number of alkyl halides is 3. The Labute approximate surface area is 112 Å². The molecule has 0 fully saturated rings. The maximum atomic E-state index is 12.7. The minimum atomic E-state index is -4.61. The molecule has 20 heavy (non-hydrogen) atoms. The molecule has 0 unspecified atom stereocenters. The number of carboxylic acids is 1. The number of rotatable bonds is 6. The predicted molar refractivity (Wildman–Crippen MR) is 63.1 cm³/mol. The van der Waals surface area contributed by atoms with Gasteiger partial charge in [-0.05, 0) is 18.2 Å². The van der Waals surface area contributed by atoms with Gasteiger partial charge in [-0.3, -0.25) is 0 Å². The highest BCUT2D eigenvalue weighted by atomic mass is 19.4. The summed E-state index contributed by atoms with van der Waals surface area (Å²) in [5.41, 5.74) is -1.29. The quantitative estimate of drug-likeness (QED) is 0.783. The van der Waals surface area contributed by atoms with Gasteiger partial charge in [0.15, 0.2) is 0 Å². The third-order valence-electron chi connectivity index (χ3n) is 2.25. The monoisotopic (exact) mass is 288 g/mol. The lowest BCUT2D eigenvalue weighted by molar-refractivity contribution is -0.142. The summed E-state index contributed by atoms with van der Waals surface area (Å²) in [6.45, 7) is -0.285. The van der Waals surface area contributed by atoms with Crippen molar-refractivity contribution in [2.75, 3.05) is 25.1 Å². The number of ether oxygens (including phenoxy) is 1. The van der Waals surface area contributed by atoms with Crippen LogP contribution in [0.5, 0.6) is 0 Å². The number of nitrogens with zero attached hydrogens (tertiary/aromatic N) is 1. The molecule has 0 radical (unpaired) electrons. The number of anilines is 1. The smallest absolute Gasteiger partial charge is 0.417 e. The van der Waals surface area contributed by atoms with Crippen LogP contribution in [0.2, 0.25) is 0 Å². The van der Waals surface area contributed by atoms with Gasteiger partial charge < -0.3 is 15.2 Å². The molecule has 8 heteroatoms. The fourth-order valence-electron chi connectivity index (χ4n) is 1.41. The number of carbonyl (C=O) groups is 1. The topological polar surface area (TPSA) is 82.3 Å². The first-order valence-corrected chi connectivity index (χ1v) is 5.49. The number of aliphatic carboxylic acids is 1. The van der Waals surface area contributed by atoms with Crippen LogP contribution in [0.4, 0.5) is 18.9 Å². The molecule has 0 amide bonds. The zero-order chi connectivity index (χ0) is 15.2. The molecule has 5 nitrogen and oxygen atoms in total. The summed E-state index contributed by atoms with van der Waals surface area (Å²) in [7, 11) is 0. The van der Waals surface area contributed by atoms with Crippen LogP contribution in [0.1, 0.15) is 11.1 Å². The number of halogens is 3. The molecule has 0 aliphatic carbocycles. The van der Waals surface area contributed by atoms with Gasteiger partial charge in [0, 0.05) is 12.2 Å². The maximum absolute atomic E-state index is 12.7. The Morgan fingerprint density at radius 2 is 2.15 bits per heavy atom. The van der Waals surface area contributed by atoms with Crippen molar-refractivity contribution in [1.82, 2.24) is 0 Å². The second-order valence-corrected chi connectivity index (χ2v) is 3.74. The summed E-state index contributed by atoms with van der Waals surface area (Å²) < 4.78 is 42.8. The van der Waals surface area contributed by atoms with E-state index in [2.05, 4.69) is 5.32 Å². The van der Waals surface area contributed by atoms with Gasteiger partial charge in [-0.25, -0.2) is 4.79 Å². The molecule has 1 aromatic rings. The van der Waals surface area contributed by atoms with Crippen molar-refractivity contribution < 1.29 is 27.8 Å². The Balaban J connectivity index is 2.64. The van der Waals surface area contributed by atoms with Crippen molar-refractivity contribution in [3.63, 3.8) is 0 Å². The Kier molecular flexibility index (Phi) is 5.34. The van der Waals surface area contributed by atoms with Crippen molar-refractivity contribution in [2.45, 2.75) is 6.18 Å². The van der Waals surface area contributed by atoms with Gasteiger partial charge in [-0.2, -0.15) is 18.4 Å². The minimum absolute atomic E-state index is 0.0354. The Hall–Kier alpha value is -2.27. The summed E-state index contributed by atoms with van der Waals surface area (Å²) >= 11 is 0. The summed E-state index contributed by atoms with van der Waals surface area (Å²) in [5, 5.41) is 19.6. The number of hydrogen-bond donors (Lipinski definition) is 2. The van der Waals surface area contributed by atoms with Crippen LogP contribution in [0.3, 0.4) is 0 Å². The van der Waals surface area contributed by atoms with Gasteiger partial charge in [0.25, 0.3) is 0 Å². The van der Waals surface area contributed by atoms with Crippen LogP contribution in [0.25, 0.3) is 0 Å². The molecule has 2 N–H and O–H groups in total. The van der Waals surface area contributed by atoms with Gasteiger partial charge in [-0.1, -0.05) is 0 Å². The van der Waals surface area contributed by atoms with E-state index < -0.39 is 29.9 Å². The third kappa shape index (κ3) is 4.78. The minimum Gasteiger partial charge on any atom is -0.480 e. The van der Waals surface area contributed by atoms with Crippen LogP contribution in [0.15, 0.2) is 18.2 Å². The van der Waals surface area contributed by atoms with Crippen molar-refractivity contribution in [2.24, 2.45) is 0 Å². The average molecular weight is 288 g/mol. The highest BCUT2D eigenvalue weighted by Crippen LogP contribution is 2.33. The van der Waals surface area contributed by atoms with E-state index in [0.717, 1.165) is 12.1 Å². The molecule has 0 aliphatic rings. The SMILES string of the molecule is N#Cc1ccc(NCCOCC(=O)O)cc1C(F)(F)F. The Bertz CT molecular complexity index is 524. The van der Waals surface area contributed by atoms with Crippen LogP contribution in [0, 0.1) is 11.3 Å². The Morgan fingerprint density at radius 3 is 2.70 bits per heavy atom. The molecule has 108 valence electrons. The lowest BCUT2D eigenvalue weighted by atomic mass is 10.1. The van der Waals surface area contributed by atoms with E-state index in [-0.39, 0.29) is 18.8 Å². The first kappa shape index (κ1) is 15.8. The average Bonchev–Trinajstić information content (AvgIpc) is 2.36. The fraction of sp³-hybridized carbons (Fsp3) is 0.333. The summed E-state index contributed by atoms with van der Waals surface area (Å²) in [4.78, 5) is 10.2. The maximum Gasteiger partial charge on any atom is 0.417 e. The first-order valence-electron chi connectivity index (χ1n) is 5.49. The van der Waals surface area contributed by atoms with Gasteiger partial charge in [0.1, 0.15) is 6.61 Å². The van der Waals surface area contributed by atoms with E-state index in [4.69, 9.17) is 15.1 Å². The van der Waals surface area contributed by atoms with E-state index in [9.17, 15) is 18.0 Å². The largest absolute Gasteiger partial charge is 0.480 e. The molecule has 1 rings (SSSR count). The lowest BCUT2D eigenvalue weighted by Crippen LogP contribution is -2.15. The lowest BCUT2D eigenvalue weighted by Gasteiger charge is -2.12. The van der Waals surface area contributed by atoms with Crippen LogP contribution in [-0.4, -0.2) is 30.8 Å². The van der Waals surface area contributed by atoms with E-state index in [1.165, 1.54) is 12.1 Å². The van der Waals surface area contributed by atoms with Crippen LogP contribution < -0.4 is 5.32 Å².